The van der Waals surface area contributed by atoms with Crippen LogP contribution in [0.15, 0.2) is 12.5 Å². The molecule has 0 saturated heterocycles. The van der Waals surface area contributed by atoms with Gasteiger partial charge in [-0.2, -0.15) is 0 Å². The number of aliphatic hydroxyl groups excluding tert-OH is 1. The number of rotatable bonds is 7. The third kappa shape index (κ3) is 3.47. The lowest BCUT2D eigenvalue weighted by Crippen LogP contribution is -2.18. The monoisotopic (exact) mass is 197 g/mol. The Bertz CT molecular complexity index is 247. The third-order valence-corrected chi connectivity index (χ3v) is 2.08. The lowest BCUT2D eigenvalue weighted by atomic mass is 10.4. The van der Waals surface area contributed by atoms with E-state index >= 15 is 0 Å². The standard InChI is InChI=1S/C10H19N3O/c1-2-5-13-9-12-8-10(13)7-11-4-3-6-14/h8-9,11,14H,2-7H2,1H3. The van der Waals surface area contributed by atoms with E-state index in [9.17, 15) is 0 Å². The molecule has 0 aliphatic carbocycles. The van der Waals surface area contributed by atoms with Crippen LogP contribution in [0.4, 0.5) is 0 Å². The van der Waals surface area contributed by atoms with Gasteiger partial charge in [-0.1, -0.05) is 6.92 Å². The normalized spacial score (nSPS) is 10.7. The SMILES string of the molecule is CCCn1cncc1CNCCCO. The van der Waals surface area contributed by atoms with Gasteiger partial charge < -0.3 is 15.0 Å². The van der Waals surface area contributed by atoms with E-state index in [4.69, 9.17) is 5.11 Å². The lowest BCUT2D eigenvalue weighted by Gasteiger charge is -2.07. The van der Waals surface area contributed by atoms with Crippen LogP contribution in [-0.2, 0) is 13.1 Å². The van der Waals surface area contributed by atoms with Crippen molar-refractivity contribution in [3.8, 4) is 0 Å². The van der Waals surface area contributed by atoms with E-state index in [-0.39, 0.29) is 6.61 Å². The van der Waals surface area contributed by atoms with Crippen LogP contribution >= 0.6 is 0 Å². The van der Waals surface area contributed by atoms with Crippen molar-refractivity contribution in [3.63, 3.8) is 0 Å². The minimum absolute atomic E-state index is 0.251. The lowest BCUT2D eigenvalue weighted by molar-refractivity contribution is 0.286. The summed E-state index contributed by atoms with van der Waals surface area (Å²) in [6, 6.07) is 0. The molecule has 80 valence electrons. The molecular weight excluding hydrogens is 178 g/mol. The second kappa shape index (κ2) is 6.56. The largest absolute Gasteiger partial charge is 0.396 e. The molecule has 1 aromatic rings. The molecule has 4 nitrogen and oxygen atoms in total. The Hall–Kier alpha value is -0.870. The van der Waals surface area contributed by atoms with Gasteiger partial charge in [-0.05, 0) is 19.4 Å². The molecule has 1 rings (SSSR count). The Morgan fingerprint density at radius 3 is 3.14 bits per heavy atom. The van der Waals surface area contributed by atoms with Gasteiger partial charge in [0.25, 0.3) is 0 Å². The highest BCUT2D eigenvalue weighted by atomic mass is 16.3. The molecule has 0 aromatic carbocycles. The van der Waals surface area contributed by atoms with Crippen molar-refractivity contribution in [2.45, 2.75) is 32.9 Å². The average Bonchev–Trinajstić information content (AvgIpc) is 2.61. The summed E-state index contributed by atoms with van der Waals surface area (Å²) in [7, 11) is 0. The topological polar surface area (TPSA) is 50.1 Å². The molecule has 0 aliphatic rings. The Morgan fingerprint density at radius 1 is 1.57 bits per heavy atom. The second-order valence-electron chi connectivity index (χ2n) is 3.33. The summed E-state index contributed by atoms with van der Waals surface area (Å²) in [6.45, 7) is 5.12. The molecule has 0 aliphatic heterocycles. The zero-order valence-corrected chi connectivity index (χ0v) is 8.74. The number of nitrogens with one attached hydrogen (secondary N) is 1. The Balaban J connectivity index is 2.30. The molecule has 0 fully saturated rings. The van der Waals surface area contributed by atoms with Gasteiger partial charge in [0.2, 0.25) is 0 Å². The van der Waals surface area contributed by atoms with Crippen LogP contribution in [0.3, 0.4) is 0 Å². The van der Waals surface area contributed by atoms with E-state index < -0.39 is 0 Å². The fourth-order valence-corrected chi connectivity index (χ4v) is 1.36. The molecule has 2 N–H and O–H groups in total. The number of aromatic nitrogens is 2. The Labute approximate surface area is 85.0 Å². The molecular formula is C10H19N3O. The average molecular weight is 197 g/mol. The fraction of sp³-hybridized carbons (Fsp3) is 0.700. The summed E-state index contributed by atoms with van der Waals surface area (Å²) in [5.41, 5.74) is 1.21. The van der Waals surface area contributed by atoms with Gasteiger partial charge in [0, 0.05) is 25.9 Å². The van der Waals surface area contributed by atoms with Crippen molar-refractivity contribution < 1.29 is 5.11 Å². The maximum absolute atomic E-state index is 8.60. The maximum Gasteiger partial charge on any atom is 0.0948 e. The first kappa shape index (κ1) is 11.2. The first-order chi connectivity index (χ1) is 6.88. The summed E-state index contributed by atoms with van der Waals surface area (Å²) in [5.74, 6) is 0. The first-order valence-corrected chi connectivity index (χ1v) is 5.19. The molecule has 0 atom stereocenters. The summed E-state index contributed by atoms with van der Waals surface area (Å²) < 4.78 is 2.16. The minimum atomic E-state index is 0.251. The van der Waals surface area contributed by atoms with Crippen molar-refractivity contribution in [1.29, 1.82) is 0 Å². The fourth-order valence-electron chi connectivity index (χ4n) is 1.36. The molecule has 0 bridgehead atoms. The molecule has 0 spiro atoms. The predicted octanol–water partition coefficient (Wildman–Crippen LogP) is 0.765. The van der Waals surface area contributed by atoms with Gasteiger partial charge >= 0.3 is 0 Å². The van der Waals surface area contributed by atoms with E-state index in [1.807, 2.05) is 12.5 Å². The molecule has 0 unspecified atom stereocenters. The zero-order valence-electron chi connectivity index (χ0n) is 8.74. The Kier molecular flexibility index (Phi) is 5.25. The molecule has 4 heteroatoms. The number of hydrogen-bond donors (Lipinski definition) is 2. The van der Waals surface area contributed by atoms with Gasteiger partial charge in [-0.25, -0.2) is 4.98 Å². The number of aryl methyl sites for hydroxylation is 1. The smallest absolute Gasteiger partial charge is 0.0948 e. The van der Waals surface area contributed by atoms with Crippen LogP contribution in [-0.4, -0.2) is 27.8 Å². The number of imidazole rings is 1. The van der Waals surface area contributed by atoms with Crippen LogP contribution in [0.2, 0.25) is 0 Å². The van der Waals surface area contributed by atoms with Crippen LogP contribution in [0.1, 0.15) is 25.5 Å². The second-order valence-corrected chi connectivity index (χ2v) is 3.33. The molecule has 0 amide bonds. The summed E-state index contributed by atoms with van der Waals surface area (Å²) in [6.07, 6.45) is 5.69. The minimum Gasteiger partial charge on any atom is -0.396 e. The van der Waals surface area contributed by atoms with E-state index in [2.05, 4.69) is 21.8 Å². The van der Waals surface area contributed by atoms with Crippen molar-refractivity contribution >= 4 is 0 Å². The number of aliphatic hydroxyl groups is 1. The van der Waals surface area contributed by atoms with Gasteiger partial charge in [0.1, 0.15) is 0 Å². The van der Waals surface area contributed by atoms with E-state index in [0.717, 1.165) is 32.5 Å². The Morgan fingerprint density at radius 2 is 2.43 bits per heavy atom. The predicted molar refractivity (Wildman–Crippen MR) is 55.9 cm³/mol. The highest BCUT2D eigenvalue weighted by Crippen LogP contribution is 2.00. The quantitative estimate of drug-likeness (QED) is 0.635. The summed E-state index contributed by atoms with van der Waals surface area (Å²) in [5, 5.41) is 11.9. The molecule has 0 saturated carbocycles. The van der Waals surface area contributed by atoms with Gasteiger partial charge in [-0.15, -0.1) is 0 Å². The van der Waals surface area contributed by atoms with Gasteiger partial charge in [0.05, 0.1) is 12.0 Å². The summed E-state index contributed by atoms with van der Waals surface area (Å²) >= 11 is 0. The third-order valence-electron chi connectivity index (χ3n) is 2.08. The van der Waals surface area contributed by atoms with E-state index in [1.165, 1.54) is 5.69 Å². The molecule has 1 aromatic heterocycles. The van der Waals surface area contributed by atoms with Crippen LogP contribution < -0.4 is 5.32 Å². The molecule has 14 heavy (non-hydrogen) atoms. The number of nitrogens with zero attached hydrogens (tertiary/aromatic N) is 2. The van der Waals surface area contributed by atoms with Crippen molar-refractivity contribution in [3.05, 3.63) is 18.2 Å². The van der Waals surface area contributed by atoms with E-state index in [0.29, 0.717) is 0 Å². The van der Waals surface area contributed by atoms with E-state index in [1.54, 1.807) is 0 Å². The van der Waals surface area contributed by atoms with Gasteiger partial charge in [-0.3, -0.25) is 0 Å². The first-order valence-electron chi connectivity index (χ1n) is 5.19. The molecule has 0 radical (unpaired) electrons. The molecule has 1 heterocycles. The van der Waals surface area contributed by atoms with Crippen LogP contribution in [0, 0.1) is 0 Å². The summed E-state index contributed by atoms with van der Waals surface area (Å²) in [4.78, 5) is 4.11. The van der Waals surface area contributed by atoms with Crippen molar-refractivity contribution in [2.24, 2.45) is 0 Å². The van der Waals surface area contributed by atoms with Crippen LogP contribution in [0.5, 0.6) is 0 Å². The highest BCUT2D eigenvalue weighted by Gasteiger charge is 1.99. The van der Waals surface area contributed by atoms with Gasteiger partial charge in [0.15, 0.2) is 0 Å². The number of hydrogen-bond acceptors (Lipinski definition) is 3. The van der Waals surface area contributed by atoms with Crippen molar-refractivity contribution in [2.75, 3.05) is 13.2 Å². The van der Waals surface area contributed by atoms with Crippen molar-refractivity contribution in [1.82, 2.24) is 14.9 Å². The zero-order chi connectivity index (χ0) is 10.2. The highest BCUT2D eigenvalue weighted by molar-refractivity contribution is 4.97. The van der Waals surface area contributed by atoms with Crippen LogP contribution in [0.25, 0.3) is 0 Å². The maximum atomic E-state index is 8.60.